The monoisotopic (exact) mass is 262 g/mol. The van der Waals surface area contributed by atoms with Crippen molar-refractivity contribution in [3.63, 3.8) is 0 Å². The molecule has 0 unspecified atom stereocenters. The highest BCUT2D eigenvalue weighted by Crippen LogP contribution is 2.25. The van der Waals surface area contributed by atoms with Gasteiger partial charge in [-0.3, -0.25) is 9.59 Å². The van der Waals surface area contributed by atoms with E-state index in [2.05, 4.69) is 10.3 Å². The lowest BCUT2D eigenvalue weighted by atomic mass is 10.2. The van der Waals surface area contributed by atoms with E-state index < -0.39 is 5.91 Å². The zero-order valence-corrected chi connectivity index (χ0v) is 10.4. The van der Waals surface area contributed by atoms with Gasteiger partial charge in [0.15, 0.2) is 5.43 Å². The normalized spacial score (nSPS) is 10.1. The van der Waals surface area contributed by atoms with Crippen molar-refractivity contribution in [1.29, 1.82) is 0 Å². The molecule has 1 amide bonds. The van der Waals surface area contributed by atoms with Crippen LogP contribution in [0.15, 0.2) is 41.5 Å². The maximum Gasteiger partial charge on any atom is 0.261 e. The molecule has 0 aliphatic carbocycles. The topological polar surface area (TPSA) is 62.0 Å². The van der Waals surface area contributed by atoms with Crippen molar-refractivity contribution < 1.29 is 4.79 Å². The van der Waals surface area contributed by atoms with E-state index in [1.165, 1.54) is 18.5 Å². The Morgan fingerprint density at radius 3 is 2.78 bits per heavy atom. The van der Waals surface area contributed by atoms with Gasteiger partial charge < -0.3 is 10.3 Å². The zero-order valence-electron chi connectivity index (χ0n) is 9.66. The van der Waals surface area contributed by atoms with Crippen LogP contribution in [-0.2, 0) is 0 Å². The van der Waals surface area contributed by atoms with Crippen molar-refractivity contribution >= 4 is 23.2 Å². The molecule has 2 N–H and O–H groups in total. The van der Waals surface area contributed by atoms with Crippen LogP contribution in [0.1, 0.15) is 15.9 Å². The molecule has 0 radical (unpaired) electrons. The molecule has 2 aromatic rings. The SMILES string of the molecule is Cc1cccc(Cl)c1NC(=O)c1c[nH]ccc1=O. The van der Waals surface area contributed by atoms with Gasteiger partial charge in [0.1, 0.15) is 5.56 Å². The minimum absolute atomic E-state index is 0.0526. The van der Waals surface area contributed by atoms with Gasteiger partial charge in [0.05, 0.1) is 10.7 Å². The Kier molecular flexibility index (Phi) is 3.48. The maximum atomic E-state index is 11.9. The molecular weight excluding hydrogens is 252 g/mol. The number of halogens is 1. The number of hydrogen-bond acceptors (Lipinski definition) is 2. The highest BCUT2D eigenvalue weighted by atomic mass is 35.5. The first kappa shape index (κ1) is 12.4. The first-order valence-corrected chi connectivity index (χ1v) is 5.71. The number of carbonyl (C=O) groups is 1. The number of aryl methyl sites for hydroxylation is 1. The van der Waals surface area contributed by atoms with E-state index in [1.807, 2.05) is 13.0 Å². The minimum atomic E-state index is -0.479. The second kappa shape index (κ2) is 5.06. The van der Waals surface area contributed by atoms with E-state index in [-0.39, 0.29) is 11.0 Å². The molecule has 92 valence electrons. The molecule has 2 rings (SSSR count). The molecule has 4 nitrogen and oxygen atoms in total. The van der Waals surface area contributed by atoms with Crippen molar-refractivity contribution in [2.24, 2.45) is 0 Å². The van der Waals surface area contributed by atoms with Gasteiger partial charge in [-0.05, 0) is 18.6 Å². The lowest BCUT2D eigenvalue weighted by Gasteiger charge is -2.09. The lowest BCUT2D eigenvalue weighted by Crippen LogP contribution is -2.21. The summed E-state index contributed by atoms with van der Waals surface area (Å²) in [6.45, 7) is 1.83. The highest BCUT2D eigenvalue weighted by Gasteiger charge is 2.12. The van der Waals surface area contributed by atoms with Gasteiger partial charge in [-0.2, -0.15) is 0 Å². The molecule has 0 spiro atoms. The van der Waals surface area contributed by atoms with E-state index in [1.54, 1.807) is 12.1 Å². The van der Waals surface area contributed by atoms with Gasteiger partial charge in [0.2, 0.25) is 0 Å². The molecule has 1 heterocycles. The number of hydrogen-bond donors (Lipinski definition) is 2. The molecule has 0 saturated heterocycles. The first-order chi connectivity index (χ1) is 8.59. The van der Waals surface area contributed by atoms with E-state index in [0.717, 1.165) is 5.56 Å². The third kappa shape index (κ3) is 2.43. The molecule has 18 heavy (non-hydrogen) atoms. The number of para-hydroxylation sites is 1. The van der Waals surface area contributed by atoms with Gasteiger partial charge in [-0.25, -0.2) is 0 Å². The molecule has 0 aliphatic heterocycles. The Bertz CT molecular complexity index is 629. The van der Waals surface area contributed by atoms with Crippen LogP contribution in [0.4, 0.5) is 5.69 Å². The number of pyridine rings is 1. The Labute approximate surface area is 109 Å². The van der Waals surface area contributed by atoms with Crippen LogP contribution >= 0.6 is 11.6 Å². The van der Waals surface area contributed by atoms with Crippen LogP contribution in [0, 0.1) is 6.92 Å². The average Bonchev–Trinajstić information content (AvgIpc) is 2.34. The van der Waals surface area contributed by atoms with Gasteiger partial charge in [-0.15, -0.1) is 0 Å². The Balaban J connectivity index is 2.33. The number of aromatic amines is 1. The standard InChI is InChI=1S/C13H11ClN2O2/c1-8-3-2-4-10(14)12(8)16-13(18)9-7-15-6-5-11(9)17/h2-7H,1H3,(H,15,17)(H,16,18). The predicted molar refractivity (Wildman–Crippen MR) is 71.2 cm³/mol. The van der Waals surface area contributed by atoms with E-state index in [4.69, 9.17) is 11.6 Å². The number of anilines is 1. The summed E-state index contributed by atoms with van der Waals surface area (Å²) in [4.78, 5) is 26.2. The average molecular weight is 263 g/mol. The zero-order chi connectivity index (χ0) is 13.1. The molecule has 0 aliphatic rings. The van der Waals surface area contributed by atoms with Crippen LogP contribution in [0.2, 0.25) is 5.02 Å². The Morgan fingerprint density at radius 1 is 1.33 bits per heavy atom. The van der Waals surface area contributed by atoms with Crippen molar-refractivity contribution in [2.45, 2.75) is 6.92 Å². The minimum Gasteiger partial charge on any atom is -0.367 e. The second-order valence-corrected chi connectivity index (χ2v) is 4.22. The fourth-order valence-corrected chi connectivity index (χ4v) is 1.83. The first-order valence-electron chi connectivity index (χ1n) is 5.33. The number of carbonyl (C=O) groups excluding carboxylic acids is 1. The highest BCUT2D eigenvalue weighted by molar-refractivity contribution is 6.34. The summed E-state index contributed by atoms with van der Waals surface area (Å²) in [7, 11) is 0. The number of benzene rings is 1. The molecule has 0 saturated carbocycles. The summed E-state index contributed by atoms with van der Waals surface area (Å²) in [5.41, 5.74) is 1.07. The number of rotatable bonds is 2. The van der Waals surface area contributed by atoms with Crippen LogP contribution in [0.25, 0.3) is 0 Å². The summed E-state index contributed by atoms with van der Waals surface area (Å²) in [6, 6.07) is 6.60. The maximum absolute atomic E-state index is 11.9. The number of H-pyrrole nitrogens is 1. The second-order valence-electron chi connectivity index (χ2n) is 3.81. The lowest BCUT2D eigenvalue weighted by molar-refractivity contribution is 0.102. The number of nitrogens with one attached hydrogen (secondary N) is 2. The van der Waals surface area contributed by atoms with Gasteiger partial charge >= 0.3 is 0 Å². The largest absolute Gasteiger partial charge is 0.367 e. The van der Waals surface area contributed by atoms with E-state index in [0.29, 0.717) is 10.7 Å². The molecule has 1 aromatic heterocycles. The van der Waals surface area contributed by atoms with Crippen LogP contribution in [0.3, 0.4) is 0 Å². The quantitative estimate of drug-likeness (QED) is 0.874. The van der Waals surface area contributed by atoms with E-state index >= 15 is 0 Å². The fraction of sp³-hybridized carbons (Fsp3) is 0.0769. The number of amides is 1. The van der Waals surface area contributed by atoms with Crippen LogP contribution in [0.5, 0.6) is 0 Å². The summed E-state index contributed by atoms with van der Waals surface area (Å²) >= 11 is 6.00. The molecule has 0 bridgehead atoms. The van der Waals surface area contributed by atoms with Gasteiger partial charge in [0.25, 0.3) is 5.91 Å². The predicted octanol–water partition coefficient (Wildman–Crippen LogP) is 2.59. The van der Waals surface area contributed by atoms with Crippen molar-refractivity contribution in [1.82, 2.24) is 4.98 Å². The smallest absolute Gasteiger partial charge is 0.261 e. The Hall–Kier alpha value is -2.07. The third-order valence-electron chi connectivity index (χ3n) is 2.53. The van der Waals surface area contributed by atoms with E-state index in [9.17, 15) is 9.59 Å². The summed E-state index contributed by atoms with van der Waals surface area (Å²) in [6.07, 6.45) is 2.84. The Morgan fingerprint density at radius 2 is 2.11 bits per heavy atom. The summed E-state index contributed by atoms with van der Waals surface area (Å²) < 4.78 is 0. The van der Waals surface area contributed by atoms with Crippen molar-refractivity contribution in [3.05, 3.63) is 63.0 Å². The molecule has 0 atom stereocenters. The van der Waals surface area contributed by atoms with Crippen molar-refractivity contribution in [2.75, 3.05) is 5.32 Å². The van der Waals surface area contributed by atoms with Crippen LogP contribution in [-0.4, -0.2) is 10.9 Å². The summed E-state index contributed by atoms with van der Waals surface area (Å²) in [5, 5.41) is 3.09. The van der Waals surface area contributed by atoms with Gasteiger partial charge in [-0.1, -0.05) is 23.7 Å². The van der Waals surface area contributed by atoms with Crippen LogP contribution < -0.4 is 10.7 Å². The van der Waals surface area contributed by atoms with Gasteiger partial charge in [0, 0.05) is 18.5 Å². The molecule has 5 heteroatoms. The summed E-state index contributed by atoms with van der Waals surface area (Å²) in [5.74, 6) is -0.479. The third-order valence-corrected chi connectivity index (χ3v) is 2.84. The molecule has 1 aromatic carbocycles. The number of aromatic nitrogens is 1. The fourth-order valence-electron chi connectivity index (χ4n) is 1.56. The molecular formula is C13H11ClN2O2. The molecule has 0 fully saturated rings. The van der Waals surface area contributed by atoms with Crippen molar-refractivity contribution in [3.8, 4) is 0 Å².